The molecule has 0 bridgehead atoms. The summed E-state index contributed by atoms with van der Waals surface area (Å²) in [6.45, 7) is 0.865. The van der Waals surface area contributed by atoms with Crippen LogP contribution >= 0.6 is 11.6 Å². The Morgan fingerprint density at radius 3 is 2.91 bits per heavy atom. The molecular weight excluding hydrogens is 306 g/mol. The van der Waals surface area contributed by atoms with Crippen molar-refractivity contribution >= 4 is 39.1 Å². The largest absolute Gasteiger partial charge is 0.384 e. The van der Waals surface area contributed by atoms with Crippen LogP contribution in [0.2, 0.25) is 5.02 Å². The normalized spacial score (nSPS) is 11.2. The van der Waals surface area contributed by atoms with Gasteiger partial charge in [0.25, 0.3) is 0 Å². The predicted molar refractivity (Wildman–Crippen MR) is 97.2 cm³/mol. The Labute approximate surface area is 139 Å². The minimum Gasteiger partial charge on any atom is -0.384 e. The van der Waals surface area contributed by atoms with Crippen molar-refractivity contribution in [2.24, 2.45) is 0 Å². The molecule has 0 fully saturated rings. The van der Waals surface area contributed by atoms with E-state index in [2.05, 4.69) is 45.7 Å². The van der Waals surface area contributed by atoms with Crippen molar-refractivity contribution in [1.82, 2.24) is 9.97 Å². The third kappa shape index (κ3) is 2.76. The zero-order chi connectivity index (χ0) is 15.6. The molecule has 3 nitrogen and oxygen atoms in total. The summed E-state index contributed by atoms with van der Waals surface area (Å²) in [5.41, 5.74) is 4.52. The Balaban J connectivity index is 1.53. The maximum absolute atomic E-state index is 6.03. The first-order valence-corrected chi connectivity index (χ1v) is 8.02. The van der Waals surface area contributed by atoms with E-state index in [1.54, 1.807) is 0 Å². The predicted octanol–water partition coefficient (Wildman–Crippen LogP) is 5.02. The molecule has 4 heteroatoms. The summed E-state index contributed by atoms with van der Waals surface area (Å²) in [5.74, 6) is 0. The van der Waals surface area contributed by atoms with Crippen molar-refractivity contribution in [3.63, 3.8) is 0 Å². The van der Waals surface area contributed by atoms with Gasteiger partial charge in [-0.15, -0.1) is 0 Å². The van der Waals surface area contributed by atoms with Gasteiger partial charge in [-0.1, -0.05) is 29.8 Å². The Morgan fingerprint density at radius 2 is 1.96 bits per heavy atom. The van der Waals surface area contributed by atoms with Crippen LogP contribution in [0.5, 0.6) is 0 Å². The van der Waals surface area contributed by atoms with E-state index >= 15 is 0 Å². The van der Waals surface area contributed by atoms with Crippen molar-refractivity contribution in [2.75, 3.05) is 11.9 Å². The van der Waals surface area contributed by atoms with Gasteiger partial charge >= 0.3 is 0 Å². The van der Waals surface area contributed by atoms with E-state index in [-0.39, 0.29) is 0 Å². The quantitative estimate of drug-likeness (QED) is 0.554. The number of nitrogens with one attached hydrogen (secondary N) is 2. The topological polar surface area (TPSA) is 40.7 Å². The number of para-hydroxylation sites is 1. The minimum atomic E-state index is 0.709. The van der Waals surface area contributed by atoms with Crippen LogP contribution in [0.4, 0.5) is 5.69 Å². The zero-order valence-corrected chi connectivity index (χ0v) is 13.3. The van der Waals surface area contributed by atoms with Gasteiger partial charge in [-0.2, -0.15) is 0 Å². The van der Waals surface area contributed by atoms with Crippen molar-refractivity contribution in [3.05, 3.63) is 71.5 Å². The number of H-pyrrole nitrogens is 1. The molecule has 0 saturated heterocycles. The highest BCUT2D eigenvalue weighted by Gasteiger charge is 2.05. The number of benzene rings is 2. The standard InChI is InChI=1S/C19H16ClN3/c20-14-5-6-16-18(8-10-22-19(16)11-14)21-9-7-13-12-23-17-4-2-1-3-15(13)17/h1-6,8,10-12,23H,7,9H2,(H,21,22). The van der Waals surface area contributed by atoms with Crippen molar-refractivity contribution in [2.45, 2.75) is 6.42 Å². The van der Waals surface area contributed by atoms with Gasteiger partial charge in [0.05, 0.1) is 5.52 Å². The summed E-state index contributed by atoms with van der Waals surface area (Å²) >= 11 is 6.03. The number of hydrogen-bond donors (Lipinski definition) is 2. The Bertz CT molecular complexity index is 975. The maximum atomic E-state index is 6.03. The fraction of sp³-hybridized carbons (Fsp3) is 0.105. The van der Waals surface area contributed by atoms with E-state index in [1.165, 1.54) is 16.5 Å². The molecular formula is C19H16ClN3. The van der Waals surface area contributed by atoms with Gasteiger partial charge < -0.3 is 10.3 Å². The first-order valence-electron chi connectivity index (χ1n) is 7.64. The van der Waals surface area contributed by atoms with Crippen LogP contribution < -0.4 is 5.32 Å². The van der Waals surface area contributed by atoms with Crippen LogP contribution in [0.3, 0.4) is 0 Å². The van der Waals surface area contributed by atoms with Crippen LogP contribution in [0.1, 0.15) is 5.56 Å². The molecule has 0 aliphatic rings. The van der Waals surface area contributed by atoms with Crippen LogP contribution in [0.15, 0.2) is 60.9 Å². The third-order valence-corrected chi connectivity index (χ3v) is 4.32. The molecule has 4 rings (SSSR count). The molecule has 114 valence electrons. The third-order valence-electron chi connectivity index (χ3n) is 4.09. The molecule has 2 heterocycles. The first-order chi connectivity index (χ1) is 11.3. The molecule has 0 aliphatic heterocycles. The Hall–Kier alpha value is -2.52. The van der Waals surface area contributed by atoms with E-state index in [9.17, 15) is 0 Å². The number of halogens is 1. The average molecular weight is 322 g/mol. The van der Waals surface area contributed by atoms with E-state index < -0.39 is 0 Å². The van der Waals surface area contributed by atoms with Crippen LogP contribution in [0.25, 0.3) is 21.8 Å². The monoisotopic (exact) mass is 321 g/mol. The molecule has 0 spiro atoms. The van der Waals surface area contributed by atoms with Crippen molar-refractivity contribution in [1.29, 1.82) is 0 Å². The molecule has 0 unspecified atom stereocenters. The number of pyridine rings is 1. The molecule has 0 saturated carbocycles. The van der Waals surface area contributed by atoms with Crippen LogP contribution in [0, 0.1) is 0 Å². The highest BCUT2D eigenvalue weighted by Crippen LogP contribution is 2.24. The lowest BCUT2D eigenvalue weighted by molar-refractivity contribution is 1.03. The molecule has 2 aromatic heterocycles. The summed E-state index contributed by atoms with van der Waals surface area (Å²) in [6.07, 6.45) is 4.87. The summed E-state index contributed by atoms with van der Waals surface area (Å²) < 4.78 is 0. The number of hydrogen-bond acceptors (Lipinski definition) is 2. The first kappa shape index (κ1) is 14.1. The lowest BCUT2D eigenvalue weighted by Gasteiger charge is -2.09. The number of aromatic amines is 1. The molecule has 2 N–H and O–H groups in total. The molecule has 0 amide bonds. The SMILES string of the molecule is Clc1ccc2c(NCCc3c[nH]c4ccccc34)ccnc2c1. The maximum Gasteiger partial charge on any atom is 0.0737 e. The second-order valence-electron chi connectivity index (χ2n) is 5.56. The fourth-order valence-corrected chi connectivity index (χ4v) is 3.11. The number of rotatable bonds is 4. The van der Waals surface area contributed by atoms with Gasteiger partial charge in [-0.05, 0) is 42.3 Å². The molecule has 23 heavy (non-hydrogen) atoms. The average Bonchev–Trinajstić information content (AvgIpc) is 2.98. The summed E-state index contributed by atoms with van der Waals surface area (Å²) in [5, 5.41) is 6.61. The number of aromatic nitrogens is 2. The number of nitrogens with zero attached hydrogens (tertiary/aromatic N) is 1. The van der Waals surface area contributed by atoms with Gasteiger partial charge in [-0.25, -0.2) is 0 Å². The van der Waals surface area contributed by atoms with Gasteiger partial charge in [0, 0.05) is 45.9 Å². The Kier molecular flexibility index (Phi) is 3.64. The van der Waals surface area contributed by atoms with E-state index in [0.717, 1.165) is 29.6 Å². The van der Waals surface area contributed by atoms with Gasteiger partial charge in [0.15, 0.2) is 0 Å². The zero-order valence-electron chi connectivity index (χ0n) is 12.5. The molecule has 0 aliphatic carbocycles. The van der Waals surface area contributed by atoms with Gasteiger partial charge in [-0.3, -0.25) is 4.98 Å². The van der Waals surface area contributed by atoms with Gasteiger partial charge in [0.2, 0.25) is 0 Å². The fourth-order valence-electron chi connectivity index (χ4n) is 2.95. The highest BCUT2D eigenvalue weighted by molar-refractivity contribution is 6.31. The van der Waals surface area contributed by atoms with Crippen LogP contribution in [-0.4, -0.2) is 16.5 Å². The number of fused-ring (bicyclic) bond motifs is 2. The summed E-state index contributed by atoms with van der Waals surface area (Å²) in [4.78, 5) is 7.69. The van der Waals surface area contributed by atoms with Crippen molar-refractivity contribution in [3.8, 4) is 0 Å². The van der Waals surface area contributed by atoms with E-state index in [1.807, 2.05) is 30.5 Å². The van der Waals surface area contributed by atoms with Crippen LogP contribution in [-0.2, 0) is 6.42 Å². The molecule has 0 atom stereocenters. The van der Waals surface area contributed by atoms with Crippen molar-refractivity contribution < 1.29 is 0 Å². The van der Waals surface area contributed by atoms with E-state index in [4.69, 9.17) is 11.6 Å². The lowest BCUT2D eigenvalue weighted by Crippen LogP contribution is -2.05. The Morgan fingerprint density at radius 1 is 1.04 bits per heavy atom. The molecule has 0 radical (unpaired) electrons. The van der Waals surface area contributed by atoms with E-state index in [0.29, 0.717) is 5.02 Å². The summed E-state index contributed by atoms with van der Waals surface area (Å²) in [7, 11) is 0. The molecule has 2 aromatic carbocycles. The second-order valence-corrected chi connectivity index (χ2v) is 5.99. The summed E-state index contributed by atoms with van der Waals surface area (Å²) in [6, 6.07) is 16.2. The lowest BCUT2D eigenvalue weighted by atomic mass is 10.1. The minimum absolute atomic E-state index is 0.709. The van der Waals surface area contributed by atoms with Gasteiger partial charge in [0.1, 0.15) is 0 Å². The smallest absolute Gasteiger partial charge is 0.0737 e. The molecule has 4 aromatic rings. The second kappa shape index (κ2) is 5.94. The number of anilines is 1. The highest BCUT2D eigenvalue weighted by atomic mass is 35.5.